The van der Waals surface area contributed by atoms with Gasteiger partial charge in [-0.3, -0.25) is 0 Å². The number of hydrogen-bond acceptors (Lipinski definition) is 3. The average molecular weight is 304 g/mol. The Morgan fingerprint density at radius 1 is 1.22 bits per heavy atom. The molecule has 0 atom stereocenters. The van der Waals surface area contributed by atoms with Crippen molar-refractivity contribution in [1.82, 2.24) is 14.5 Å². The molecule has 2 heterocycles. The molecule has 4 heteroatoms. The van der Waals surface area contributed by atoms with E-state index in [4.69, 9.17) is 10.2 Å². The standard InChI is InChI=1S/C19H20N4/c1-3-4-5-18-22-17-10-14(2)12-21-19(17)23(18)13-16-8-6-15(11-20)7-9-16/h6-10,12H,3-5,13H2,1-2H3. The Kier molecular flexibility index (Phi) is 4.38. The molecule has 23 heavy (non-hydrogen) atoms. The van der Waals surface area contributed by atoms with E-state index in [1.807, 2.05) is 37.4 Å². The Hall–Kier alpha value is -2.67. The number of nitriles is 1. The minimum Gasteiger partial charge on any atom is -0.308 e. The third-order valence-corrected chi connectivity index (χ3v) is 3.98. The van der Waals surface area contributed by atoms with Gasteiger partial charge in [0.1, 0.15) is 11.3 Å². The Morgan fingerprint density at radius 3 is 2.70 bits per heavy atom. The first-order chi connectivity index (χ1) is 11.2. The Morgan fingerprint density at radius 2 is 2.00 bits per heavy atom. The van der Waals surface area contributed by atoms with Crippen LogP contribution in [0.25, 0.3) is 11.2 Å². The highest BCUT2D eigenvalue weighted by Crippen LogP contribution is 2.19. The zero-order valence-electron chi connectivity index (χ0n) is 13.6. The molecule has 0 radical (unpaired) electrons. The number of pyridine rings is 1. The molecular formula is C19H20N4. The Bertz CT molecular complexity index is 853. The van der Waals surface area contributed by atoms with Gasteiger partial charge in [-0.15, -0.1) is 0 Å². The number of aromatic nitrogens is 3. The Labute approximate surface area is 136 Å². The lowest BCUT2D eigenvalue weighted by Crippen LogP contribution is -2.06. The molecule has 1 aromatic carbocycles. The van der Waals surface area contributed by atoms with E-state index in [1.54, 1.807) is 0 Å². The van der Waals surface area contributed by atoms with E-state index in [2.05, 4.69) is 28.6 Å². The maximum Gasteiger partial charge on any atom is 0.160 e. The quantitative estimate of drug-likeness (QED) is 0.716. The first-order valence-electron chi connectivity index (χ1n) is 8.02. The van der Waals surface area contributed by atoms with E-state index in [9.17, 15) is 0 Å². The molecule has 0 bridgehead atoms. The summed E-state index contributed by atoms with van der Waals surface area (Å²) < 4.78 is 2.20. The molecule has 116 valence electrons. The Balaban J connectivity index is 2.00. The minimum absolute atomic E-state index is 0.684. The van der Waals surface area contributed by atoms with Crippen LogP contribution in [0.1, 0.15) is 42.3 Å². The van der Waals surface area contributed by atoms with Crippen LogP contribution in [0.5, 0.6) is 0 Å². The molecule has 3 rings (SSSR count). The van der Waals surface area contributed by atoms with Crippen LogP contribution < -0.4 is 0 Å². The maximum atomic E-state index is 8.92. The molecule has 0 aliphatic rings. The molecular weight excluding hydrogens is 284 g/mol. The normalized spacial score (nSPS) is 10.8. The number of imidazole rings is 1. The number of fused-ring (bicyclic) bond motifs is 1. The average Bonchev–Trinajstić information content (AvgIpc) is 2.90. The monoisotopic (exact) mass is 304 g/mol. The molecule has 0 fully saturated rings. The topological polar surface area (TPSA) is 54.5 Å². The van der Waals surface area contributed by atoms with Crippen LogP contribution in [-0.2, 0) is 13.0 Å². The molecule has 0 aliphatic carbocycles. The number of nitrogens with zero attached hydrogens (tertiary/aromatic N) is 4. The van der Waals surface area contributed by atoms with Gasteiger partial charge in [-0.1, -0.05) is 25.5 Å². The van der Waals surface area contributed by atoms with E-state index in [-0.39, 0.29) is 0 Å². The van der Waals surface area contributed by atoms with Gasteiger partial charge in [-0.05, 0) is 42.7 Å². The summed E-state index contributed by atoms with van der Waals surface area (Å²) in [5, 5.41) is 8.92. The SMILES string of the molecule is CCCCc1nc2cc(C)cnc2n1Cc1ccc(C#N)cc1. The predicted octanol–water partition coefficient (Wildman–Crippen LogP) is 4.00. The summed E-state index contributed by atoms with van der Waals surface area (Å²) in [6.07, 6.45) is 5.12. The highest BCUT2D eigenvalue weighted by atomic mass is 15.1. The van der Waals surface area contributed by atoms with Gasteiger partial charge >= 0.3 is 0 Å². The van der Waals surface area contributed by atoms with Crippen LogP contribution in [0.4, 0.5) is 0 Å². The fraction of sp³-hybridized carbons (Fsp3) is 0.316. The summed E-state index contributed by atoms with van der Waals surface area (Å²) in [7, 11) is 0. The maximum absolute atomic E-state index is 8.92. The van der Waals surface area contributed by atoms with Crippen LogP contribution in [0.3, 0.4) is 0 Å². The molecule has 0 amide bonds. The third kappa shape index (κ3) is 3.24. The van der Waals surface area contributed by atoms with Crippen LogP contribution in [0.15, 0.2) is 36.5 Å². The van der Waals surface area contributed by atoms with Gasteiger partial charge in [0.15, 0.2) is 5.65 Å². The molecule has 0 spiro atoms. The van der Waals surface area contributed by atoms with Crippen molar-refractivity contribution in [1.29, 1.82) is 5.26 Å². The molecule has 0 N–H and O–H groups in total. The summed E-state index contributed by atoms with van der Waals surface area (Å²) in [4.78, 5) is 9.38. The number of benzene rings is 1. The van der Waals surface area contributed by atoms with Crippen LogP contribution in [0.2, 0.25) is 0 Å². The largest absolute Gasteiger partial charge is 0.308 e. The van der Waals surface area contributed by atoms with Crippen molar-refractivity contribution in [3.8, 4) is 6.07 Å². The number of aryl methyl sites for hydroxylation is 2. The van der Waals surface area contributed by atoms with E-state index in [1.165, 1.54) is 0 Å². The first-order valence-corrected chi connectivity index (χ1v) is 8.02. The van der Waals surface area contributed by atoms with E-state index in [0.717, 1.165) is 53.9 Å². The van der Waals surface area contributed by atoms with Crippen molar-refractivity contribution in [3.05, 3.63) is 59.0 Å². The fourth-order valence-electron chi connectivity index (χ4n) is 2.72. The molecule has 2 aromatic heterocycles. The van der Waals surface area contributed by atoms with Crippen LogP contribution in [-0.4, -0.2) is 14.5 Å². The highest BCUT2D eigenvalue weighted by Gasteiger charge is 2.12. The van der Waals surface area contributed by atoms with Crippen molar-refractivity contribution in [2.24, 2.45) is 0 Å². The van der Waals surface area contributed by atoms with Crippen molar-refractivity contribution in [2.45, 2.75) is 39.7 Å². The van der Waals surface area contributed by atoms with Gasteiger partial charge < -0.3 is 4.57 Å². The third-order valence-electron chi connectivity index (χ3n) is 3.98. The number of rotatable bonds is 5. The van der Waals surface area contributed by atoms with Crippen molar-refractivity contribution in [2.75, 3.05) is 0 Å². The predicted molar refractivity (Wildman–Crippen MR) is 91.1 cm³/mol. The number of hydrogen-bond donors (Lipinski definition) is 0. The molecule has 4 nitrogen and oxygen atoms in total. The van der Waals surface area contributed by atoms with Crippen molar-refractivity contribution in [3.63, 3.8) is 0 Å². The molecule has 0 unspecified atom stereocenters. The lowest BCUT2D eigenvalue weighted by Gasteiger charge is -2.09. The van der Waals surface area contributed by atoms with Gasteiger partial charge in [0.2, 0.25) is 0 Å². The lowest BCUT2D eigenvalue weighted by atomic mass is 10.1. The van der Waals surface area contributed by atoms with Gasteiger partial charge in [-0.2, -0.15) is 5.26 Å². The van der Waals surface area contributed by atoms with Crippen LogP contribution >= 0.6 is 0 Å². The molecule has 0 saturated carbocycles. The summed E-state index contributed by atoms with van der Waals surface area (Å²) in [6, 6.07) is 12.0. The second kappa shape index (κ2) is 6.62. The summed E-state index contributed by atoms with van der Waals surface area (Å²) in [5.74, 6) is 1.09. The minimum atomic E-state index is 0.684. The van der Waals surface area contributed by atoms with E-state index < -0.39 is 0 Å². The summed E-state index contributed by atoms with van der Waals surface area (Å²) >= 11 is 0. The van der Waals surface area contributed by atoms with Gasteiger partial charge in [-0.25, -0.2) is 9.97 Å². The smallest absolute Gasteiger partial charge is 0.160 e. The molecule has 0 saturated heterocycles. The first kappa shape index (κ1) is 15.2. The zero-order chi connectivity index (χ0) is 16.2. The number of unbranched alkanes of at least 4 members (excludes halogenated alkanes) is 1. The summed E-state index contributed by atoms with van der Waals surface area (Å²) in [5.41, 5.74) is 4.87. The van der Waals surface area contributed by atoms with E-state index >= 15 is 0 Å². The highest BCUT2D eigenvalue weighted by molar-refractivity contribution is 5.72. The second-order valence-electron chi connectivity index (χ2n) is 5.88. The lowest BCUT2D eigenvalue weighted by molar-refractivity contribution is 0.686. The summed E-state index contributed by atoms with van der Waals surface area (Å²) in [6.45, 7) is 4.96. The molecule has 3 aromatic rings. The van der Waals surface area contributed by atoms with E-state index in [0.29, 0.717) is 5.56 Å². The molecule has 0 aliphatic heterocycles. The van der Waals surface area contributed by atoms with Crippen molar-refractivity contribution >= 4 is 11.2 Å². The second-order valence-corrected chi connectivity index (χ2v) is 5.88. The van der Waals surface area contributed by atoms with Gasteiger partial charge in [0.25, 0.3) is 0 Å². The zero-order valence-corrected chi connectivity index (χ0v) is 13.6. The van der Waals surface area contributed by atoms with Gasteiger partial charge in [0.05, 0.1) is 18.2 Å². The fourth-order valence-corrected chi connectivity index (χ4v) is 2.72. The van der Waals surface area contributed by atoms with Crippen LogP contribution in [0, 0.1) is 18.3 Å². The van der Waals surface area contributed by atoms with Gasteiger partial charge in [0, 0.05) is 12.6 Å². The van der Waals surface area contributed by atoms with Crippen molar-refractivity contribution < 1.29 is 0 Å².